The zero-order valence-electron chi connectivity index (χ0n) is 19.5. The molecule has 0 amide bonds. The molecule has 5 rings (SSSR count). The largest absolute Gasteiger partial charge is 0.487 e. The van der Waals surface area contributed by atoms with Crippen molar-refractivity contribution in [2.45, 2.75) is 32.1 Å². The minimum atomic E-state index is 0.222. The van der Waals surface area contributed by atoms with Crippen molar-refractivity contribution in [3.8, 4) is 28.9 Å². The van der Waals surface area contributed by atoms with Crippen molar-refractivity contribution < 1.29 is 28.5 Å². The zero-order valence-corrected chi connectivity index (χ0v) is 20.3. The van der Waals surface area contributed by atoms with Gasteiger partial charge in [0, 0.05) is 31.0 Å². The summed E-state index contributed by atoms with van der Waals surface area (Å²) >= 11 is 6.50. The average Bonchev–Trinajstić information content (AvgIpc) is 2.83. The Balaban J connectivity index is 1.40. The number of ketones is 1. The van der Waals surface area contributed by atoms with E-state index in [0.717, 1.165) is 18.4 Å². The molecule has 1 aromatic heterocycles. The molecule has 184 valence electrons. The fourth-order valence-corrected chi connectivity index (χ4v) is 4.49. The Morgan fingerprint density at radius 2 is 1.94 bits per heavy atom. The van der Waals surface area contributed by atoms with Gasteiger partial charge in [0.1, 0.15) is 43.1 Å². The Bertz CT molecular complexity index is 1230. The summed E-state index contributed by atoms with van der Waals surface area (Å²) in [5, 5.41) is 1.07. The summed E-state index contributed by atoms with van der Waals surface area (Å²) in [4.78, 5) is 21.1. The Labute approximate surface area is 208 Å². The Kier molecular flexibility index (Phi) is 7.20. The van der Waals surface area contributed by atoms with Gasteiger partial charge in [0.25, 0.3) is 0 Å². The van der Waals surface area contributed by atoms with Gasteiger partial charge in [0.15, 0.2) is 11.5 Å². The second kappa shape index (κ2) is 10.7. The van der Waals surface area contributed by atoms with E-state index in [-0.39, 0.29) is 5.78 Å². The number of ether oxygens (including phenoxy) is 5. The average molecular weight is 499 g/mol. The van der Waals surface area contributed by atoms with Crippen LogP contribution in [0.4, 0.5) is 0 Å². The van der Waals surface area contributed by atoms with E-state index in [1.807, 2.05) is 6.07 Å². The number of fused-ring (bicyclic) bond motifs is 3. The third kappa shape index (κ3) is 5.28. The summed E-state index contributed by atoms with van der Waals surface area (Å²) < 4.78 is 28.8. The number of Topliss-reactive ketones (excluding diaryl/α,β-unsaturated/α-hetero) is 1. The van der Waals surface area contributed by atoms with Crippen LogP contribution in [0, 0.1) is 5.92 Å². The van der Waals surface area contributed by atoms with Gasteiger partial charge in [-0.2, -0.15) is 0 Å². The lowest BCUT2D eigenvalue weighted by Gasteiger charge is -2.24. The highest BCUT2D eigenvalue weighted by molar-refractivity contribution is 6.31. The van der Waals surface area contributed by atoms with Gasteiger partial charge in [-0.15, -0.1) is 0 Å². The summed E-state index contributed by atoms with van der Waals surface area (Å²) in [5.74, 6) is 3.05. The first-order valence-electron chi connectivity index (χ1n) is 11.8. The van der Waals surface area contributed by atoms with Crippen molar-refractivity contribution in [2.24, 2.45) is 5.92 Å². The van der Waals surface area contributed by atoms with E-state index in [2.05, 4.69) is 9.97 Å². The van der Waals surface area contributed by atoms with Crippen molar-refractivity contribution >= 4 is 28.3 Å². The molecule has 8 nitrogen and oxygen atoms in total. The summed E-state index contributed by atoms with van der Waals surface area (Å²) in [5.41, 5.74) is 1.39. The maximum Gasteiger partial charge on any atom is 0.234 e. The summed E-state index contributed by atoms with van der Waals surface area (Å²) in [6.45, 7) is 1.59. The molecule has 2 aromatic carbocycles. The van der Waals surface area contributed by atoms with E-state index >= 15 is 0 Å². The molecule has 2 heterocycles. The van der Waals surface area contributed by atoms with Gasteiger partial charge in [-0.25, -0.2) is 9.97 Å². The highest BCUT2D eigenvalue weighted by atomic mass is 35.5. The number of hydrogen-bond acceptors (Lipinski definition) is 8. The van der Waals surface area contributed by atoms with E-state index in [1.165, 1.54) is 12.7 Å². The van der Waals surface area contributed by atoms with E-state index in [4.69, 9.17) is 35.3 Å². The van der Waals surface area contributed by atoms with Crippen LogP contribution in [0.25, 0.3) is 10.9 Å². The SMILES string of the molecule is COCCOc1cc2ncnc(Oc3ccc(CC(=O)CC4CCC4)c(Cl)c3)c2c2c1OCCO2. The predicted molar refractivity (Wildman–Crippen MR) is 130 cm³/mol. The molecule has 0 atom stereocenters. The molecule has 1 fully saturated rings. The smallest absolute Gasteiger partial charge is 0.234 e. The number of benzene rings is 2. The van der Waals surface area contributed by atoms with E-state index in [0.29, 0.717) is 90.0 Å². The molecule has 1 saturated carbocycles. The van der Waals surface area contributed by atoms with E-state index < -0.39 is 0 Å². The zero-order chi connectivity index (χ0) is 24.2. The Morgan fingerprint density at radius 1 is 1.11 bits per heavy atom. The van der Waals surface area contributed by atoms with Gasteiger partial charge in [0.05, 0.1) is 12.1 Å². The normalized spacial score (nSPS) is 15.0. The number of carbonyl (C=O) groups excluding carboxylic acids is 1. The highest BCUT2D eigenvalue weighted by Gasteiger charge is 2.26. The van der Waals surface area contributed by atoms with Crippen LogP contribution < -0.4 is 18.9 Å². The van der Waals surface area contributed by atoms with Gasteiger partial charge in [-0.1, -0.05) is 36.9 Å². The quantitative estimate of drug-likeness (QED) is 0.353. The molecule has 35 heavy (non-hydrogen) atoms. The number of nitrogens with zero attached hydrogens (tertiary/aromatic N) is 2. The van der Waals surface area contributed by atoms with Crippen LogP contribution in [0.1, 0.15) is 31.2 Å². The van der Waals surface area contributed by atoms with Crippen LogP contribution in [0.15, 0.2) is 30.6 Å². The monoisotopic (exact) mass is 498 g/mol. The van der Waals surface area contributed by atoms with E-state index in [9.17, 15) is 4.79 Å². The Morgan fingerprint density at radius 3 is 2.69 bits per heavy atom. The lowest BCUT2D eigenvalue weighted by molar-refractivity contribution is -0.119. The molecule has 0 saturated heterocycles. The molecule has 0 N–H and O–H groups in total. The molecular weight excluding hydrogens is 472 g/mol. The molecule has 0 unspecified atom stereocenters. The minimum absolute atomic E-state index is 0.222. The van der Waals surface area contributed by atoms with Crippen LogP contribution in [-0.4, -0.2) is 49.3 Å². The second-order valence-electron chi connectivity index (χ2n) is 8.72. The van der Waals surface area contributed by atoms with Crippen molar-refractivity contribution in [3.05, 3.63) is 41.2 Å². The summed E-state index contributed by atoms with van der Waals surface area (Å²) in [7, 11) is 1.61. The first kappa shape index (κ1) is 23.6. The molecule has 1 aliphatic carbocycles. The van der Waals surface area contributed by atoms with Crippen molar-refractivity contribution in [1.82, 2.24) is 9.97 Å². The van der Waals surface area contributed by atoms with Crippen molar-refractivity contribution in [2.75, 3.05) is 33.5 Å². The van der Waals surface area contributed by atoms with Crippen LogP contribution in [0.2, 0.25) is 5.02 Å². The van der Waals surface area contributed by atoms with Gasteiger partial charge >= 0.3 is 0 Å². The molecule has 0 bridgehead atoms. The lowest BCUT2D eigenvalue weighted by atomic mass is 9.81. The molecule has 0 spiro atoms. The first-order chi connectivity index (χ1) is 17.1. The maximum absolute atomic E-state index is 12.4. The number of rotatable bonds is 10. The number of hydrogen-bond donors (Lipinski definition) is 0. The van der Waals surface area contributed by atoms with E-state index in [1.54, 1.807) is 25.3 Å². The van der Waals surface area contributed by atoms with Crippen LogP contribution in [0.5, 0.6) is 28.9 Å². The first-order valence-corrected chi connectivity index (χ1v) is 12.2. The molecule has 9 heteroatoms. The molecule has 3 aromatic rings. The van der Waals surface area contributed by atoms with Crippen LogP contribution in [-0.2, 0) is 16.0 Å². The van der Waals surface area contributed by atoms with Crippen molar-refractivity contribution in [1.29, 1.82) is 0 Å². The third-order valence-corrected chi connectivity index (χ3v) is 6.61. The van der Waals surface area contributed by atoms with Gasteiger partial charge in [-0.05, 0) is 23.6 Å². The highest BCUT2D eigenvalue weighted by Crippen LogP contribution is 2.48. The lowest BCUT2D eigenvalue weighted by Crippen LogP contribution is -2.17. The van der Waals surface area contributed by atoms with Gasteiger partial charge in [0.2, 0.25) is 11.6 Å². The molecule has 2 aliphatic rings. The molecule has 0 radical (unpaired) electrons. The fourth-order valence-electron chi connectivity index (χ4n) is 4.25. The van der Waals surface area contributed by atoms with Gasteiger partial charge < -0.3 is 23.7 Å². The summed E-state index contributed by atoms with van der Waals surface area (Å²) in [6, 6.07) is 7.10. The van der Waals surface area contributed by atoms with Crippen LogP contribution in [0.3, 0.4) is 0 Å². The van der Waals surface area contributed by atoms with Crippen molar-refractivity contribution in [3.63, 3.8) is 0 Å². The van der Waals surface area contributed by atoms with Crippen LogP contribution >= 0.6 is 11.6 Å². The number of carbonyl (C=O) groups is 1. The minimum Gasteiger partial charge on any atom is -0.487 e. The predicted octanol–water partition coefficient (Wildman–Crippen LogP) is 5.17. The fraction of sp³-hybridized carbons (Fsp3) is 0.423. The summed E-state index contributed by atoms with van der Waals surface area (Å²) in [6.07, 6.45) is 5.91. The van der Waals surface area contributed by atoms with Gasteiger partial charge in [-0.3, -0.25) is 4.79 Å². The topological polar surface area (TPSA) is 89.0 Å². The maximum atomic E-state index is 12.4. The second-order valence-corrected chi connectivity index (χ2v) is 9.12. The number of methoxy groups -OCH3 is 1. The third-order valence-electron chi connectivity index (χ3n) is 6.26. The molecule has 1 aliphatic heterocycles. The standard InChI is InChI=1S/C26H27ClN2O6/c1-31-7-8-32-22-14-21-23(25-24(22)33-9-10-34-25)26(29-15-28-21)35-19-6-5-17(20(27)13-19)12-18(30)11-16-3-2-4-16/h5-6,13-16H,2-4,7-12H2,1H3. The Hall–Kier alpha value is -3.10. The number of halogens is 1. The number of aromatic nitrogens is 2. The molecular formula is C26H27ClN2O6.